The van der Waals surface area contributed by atoms with Crippen LogP contribution in [0.4, 0.5) is 5.69 Å². The monoisotopic (exact) mass is 364 g/mol. The summed E-state index contributed by atoms with van der Waals surface area (Å²) in [7, 11) is -3.80. The van der Waals surface area contributed by atoms with Gasteiger partial charge in [-0.05, 0) is 36.9 Å². The van der Waals surface area contributed by atoms with E-state index in [0.717, 1.165) is 4.88 Å². The van der Waals surface area contributed by atoms with Crippen LogP contribution < -0.4 is 10.5 Å². The average Bonchev–Trinajstić information content (AvgIpc) is 2.78. The molecule has 0 saturated carbocycles. The van der Waals surface area contributed by atoms with Crippen LogP contribution in [0.15, 0.2) is 34.5 Å². The van der Waals surface area contributed by atoms with Crippen LogP contribution in [0.3, 0.4) is 0 Å². The molecule has 2 aromatic rings. The van der Waals surface area contributed by atoms with Gasteiger partial charge in [-0.1, -0.05) is 29.3 Å². The van der Waals surface area contributed by atoms with Crippen molar-refractivity contribution in [2.24, 2.45) is 0 Å². The number of hydrogen-bond donors (Lipinski definition) is 2. The highest BCUT2D eigenvalue weighted by molar-refractivity contribution is 7.89. The second kappa shape index (κ2) is 6.54. The number of hydrogen-bond acceptors (Lipinski definition) is 4. The van der Waals surface area contributed by atoms with E-state index in [1.807, 2.05) is 17.5 Å². The van der Waals surface area contributed by atoms with E-state index in [-0.39, 0.29) is 21.6 Å². The number of anilines is 1. The van der Waals surface area contributed by atoms with E-state index >= 15 is 0 Å². The van der Waals surface area contributed by atoms with Crippen LogP contribution in [-0.4, -0.2) is 14.5 Å². The van der Waals surface area contributed by atoms with Crippen molar-refractivity contribution in [3.63, 3.8) is 0 Å². The lowest BCUT2D eigenvalue weighted by molar-refractivity contribution is 0.561. The predicted octanol–water partition coefficient (Wildman–Crippen LogP) is 3.55. The van der Waals surface area contributed by atoms with Crippen molar-refractivity contribution in [3.8, 4) is 0 Å². The van der Waals surface area contributed by atoms with E-state index in [4.69, 9.17) is 28.9 Å². The van der Waals surface area contributed by atoms with Crippen LogP contribution in [0.1, 0.15) is 11.8 Å². The second-order valence-electron chi connectivity index (χ2n) is 4.61. The van der Waals surface area contributed by atoms with Gasteiger partial charge in [-0.25, -0.2) is 13.1 Å². The lowest BCUT2D eigenvalue weighted by Gasteiger charge is -2.16. The summed E-state index contributed by atoms with van der Waals surface area (Å²) in [6, 6.07) is 6.33. The Hall–Kier alpha value is -0.790. The first-order valence-corrected chi connectivity index (χ1v) is 9.20. The van der Waals surface area contributed by atoms with Gasteiger partial charge in [0.2, 0.25) is 10.0 Å². The topological polar surface area (TPSA) is 72.2 Å². The number of benzene rings is 1. The number of halogens is 2. The molecule has 0 aliphatic carbocycles. The maximum absolute atomic E-state index is 12.4. The van der Waals surface area contributed by atoms with E-state index in [9.17, 15) is 8.42 Å². The van der Waals surface area contributed by atoms with Crippen molar-refractivity contribution in [2.45, 2.75) is 24.3 Å². The average molecular weight is 365 g/mol. The Morgan fingerprint density at radius 3 is 2.67 bits per heavy atom. The van der Waals surface area contributed by atoms with Gasteiger partial charge < -0.3 is 5.73 Å². The highest BCUT2D eigenvalue weighted by Gasteiger charge is 2.24. The number of rotatable bonds is 5. The fourth-order valence-corrected chi connectivity index (χ4v) is 5.02. The van der Waals surface area contributed by atoms with Gasteiger partial charge in [0.15, 0.2) is 0 Å². The third kappa shape index (κ3) is 4.11. The Labute approximate surface area is 137 Å². The van der Waals surface area contributed by atoms with Gasteiger partial charge in [0, 0.05) is 15.9 Å². The van der Waals surface area contributed by atoms with E-state index in [1.54, 1.807) is 18.3 Å². The van der Waals surface area contributed by atoms with E-state index in [2.05, 4.69) is 4.72 Å². The molecule has 0 radical (unpaired) electrons. The largest absolute Gasteiger partial charge is 0.398 e. The zero-order valence-corrected chi connectivity index (χ0v) is 14.3. The molecule has 0 fully saturated rings. The first kappa shape index (κ1) is 16.6. The molecule has 114 valence electrons. The molecule has 1 atom stereocenters. The van der Waals surface area contributed by atoms with Gasteiger partial charge in [-0.15, -0.1) is 11.3 Å². The minimum atomic E-state index is -3.80. The lowest BCUT2D eigenvalue weighted by Crippen LogP contribution is -2.34. The summed E-state index contributed by atoms with van der Waals surface area (Å²) >= 11 is 13.3. The van der Waals surface area contributed by atoms with E-state index in [1.165, 1.54) is 12.1 Å². The maximum Gasteiger partial charge on any atom is 0.244 e. The molecule has 1 aromatic heterocycles. The molecule has 1 aromatic carbocycles. The van der Waals surface area contributed by atoms with Gasteiger partial charge in [-0.3, -0.25) is 0 Å². The number of nitrogen functional groups attached to an aromatic ring is 1. The second-order valence-corrected chi connectivity index (χ2v) is 8.14. The van der Waals surface area contributed by atoms with Crippen LogP contribution in [0.2, 0.25) is 10.0 Å². The Kier molecular flexibility index (Phi) is 5.16. The van der Waals surface area contributed by atoms with Gasteiger partial charge in [-0.2, -0.15) is 0 Å². The third-order valence-electron chi connectivity index (χ3n) is 2.75. The van der Waals surface area contributed by atoms with E-state index < -0.39 is 10.0 Å². The van der Waals surface area contributed by atoms with Crippen LogP contribution in [0.5, 0.6) is 0 Å². The molecule has 0 amide bonds. The molecule has 3 N–H and O–H groups in total. The minimum Gasteiger partial charge on any atom is -0.398 e. The highest BCUT2D eigenvalue weighted by atomic mass is 35.5. The fourth-order valence-electron chi connectivity index (χ4n) is 1.96. The Bertz CT molecular complexity index is 708. The first-order chi connectivity index (χ1) is 9.79. The molecule has 0 saturated heterocycles. The number of sulfonamides is 1. The molecule has 0 spiro atoms. The zero-order chi connectivity index (χ0) is 15.6. The summed E-state index contributed by atoms with van der Waals surface area (Å²) in [5, 5.41) is 2.25. The molecular weight excluding hydrogens is 351 g/mol. The maximum atomic E-state index is 12.4. The SMILES string of the molecule is CC(Cc1cccs1)NS(=O)(=O)c1c(N)cc(Cl)cc1Cl. The molecule has 1 unspecified atom stereocenters. The molecule has 0 aliphatic heterocycles. The van der Waals surface area contributed by atoms with Crippen molar-refractivity contribution in [1.29, 1.82) is 0 Å². The molecule has 1 heterocycles. The Balaban J connectivity index is 2.22. The van der Waals surface area contributed by atoms with Crippen LogP contribution >= 0.6 is 34.5 Å². The smallest absolute Gasteiger partial charge is 0.244 e. The molecule has 4 nitrogen and oxygen atoms in total. The van der Waals surface area contributed by atoms with Crippen LogP contribution in [-0.2, 0) is 16.4 Å². The summed E-state index contributed by atoms with van der Waals surface area (Å²) in [6.07, 6.45) is 0.599. The van der Waals surface area contributed by atoms with Crippen molar-refractivity contribution >= 4 is 50.2 Å². The number of thiophene rings is 1. The molecule has 21 heavy (non-hydrogen) atoms. The van der Waals surface area contributed by atoms with Crippen molar-refractivity contribution in [3.05, 3.63) is 44.6 Å². The quantitative estimate of drug-likeness (QED) is 0.796. The summed E-state index contributed by atoms with van der Waals surface area (Å²) in [5.41, 5.74) is 5.76. The van der Waals surface area contributed by atoms with Gasteiger partial charge in [0.25, 0.3) is 0 Å². The number of nitrogens with two attached hydrogens (primary N) is 1. The molecule has 2 rings (SSSR count). The van der Waals surface area contributed by atoms with Gasteiger partial charge in [0.05, 0.1) is 10.7 Å². The molecule has 0 bridgehead atoms. The standard InChI is InChI=1S/C13H14Cl2N2O2S2/c1-8(5-10-3-2-4-20-10)17-21(18,19)13-11(15)6-9(14)7-12(13)16/h2-4,6-8,17H,5,16H2,1H3. The Morgan fingerprint density at radius 1 is 1.38 bits per heavy atom. The first-order valence-electron chi connectivity index (χ1n) is 6.09. The molecule has 0 aliphatic rings. The normalized spacial score (nSPS) is 13.3. The van der Waals surface area contributed by atoms with Gasteiger partial charge in [0.1, 0.15) is 4.90 Å². The van der Waals surface area contributed by atoms with Crippen molar-refractivity contribution < 1.29 is 8.42 Å². The summed E-state index contributed by atoms with van der Waals surface area (Å²) in [4.78, 5) is 0.965. The van der Waals surface area contributed by atoms with E-state index in [0.29, 0.717) is 11.4 Å². The highest BCUT2D eigenvalue weighted by Crippen LogP contribution is 2.31. The summed E-state index contributed by atoms with van der Waals surface area (Å²) in [5.74, 6) is 0. The molecule has 8 heteroatoms. The molecular formula is C13H14Cl2N2O2S2. The van der Waals surface area contributed by atoms with Crippen LogP contribution in [0, 0.1) is 0 Å². The number of nitrogens with one attached hydrogen (secondary N) is 1. The fraction of sp³-hybridized carbons (Fsp3) is 0.231. The summed E-state index contributed by atoms with van der Waals surface area (Å²) < 4.78 is 27.4. The lowest BCUT2D eigenvalue weighted by atomic mass is 10.2. The third-order valence-corrected chi connectivity index (χ3v) is 5.98. The van der Waals surface area contributed by atoms with Crippen molar-refractivity contribution in [1.82, 2.24) is 4.72 Å². The summed E-state index contributed by atoms with van der Waals surface area (Å²) in [6.45, 7) is 1.79. The van der Waals surface area contributed by atoms with Crippen molar-refractivity contribution in [2.75, 3.05) is 5.73 Å². The van der Waals surface area contributed by atoms with Gasteiger partial charge >= 0.3 is 0 Å². The predicted molar refractivity (Wildman–Crippen MR) is 88.7 cm³/mol. The van der Waals surface area contributed by atoms with Crippen LogP contribution in [0.25, 0.3) is 0 Å². The zero-order valence-electron chi connectivity index (χ0n) is 11.1. The Morgan fingerprint density at radius 2 is 2.10 bits per heavy atom. The minimum absolute atomic E-state index is 0.0100.